The van der Waals surface area contributed by atoms with E-state index in [2.05, 4.69) is 20.6 Å². The lowest BCUT2D eigenvalue weighted by Crippen LogP contribution is -2.64. The van der Waals surface area contributed by atoms with E-state index in [1.54, 1.807) is 24.8 Å². The number of anilines is 2. The quantitative estimate of drug-likeness (QED) is 0.755. The smallest absolute Gasteiger partial charge is 0.251 e. The molecule has 0 spiro atoms. The first-order valence-corrected chi connectivity index (χ1v) is 6.13. The van der Waals surface area contributed by atoms with Crippen molar-refractivity contribution in [2.45, 2.75) is 26.3 Å². The van der Waals surface area contributed by atoms with Crippen molar-refractivity contribution in [1.82, 2.24) is 15.3 Å². The molecule has 0 aliphatic carbocycles. The fourth-order valence-corrected chi connectivity index (χ4v) is 1.92. The van der Waals surface area contributed by atoms with Crippen LogP contribution in [0.4, 0.5) is 11.6 Å². The lowest BCUT2D eigenvalue weighted by Gasteiger charge is -2.40. The van der Waals surface area contributed by atoms with Gasteiger partial charge in [-0.05, 0) is 20.8 Å². The van der Waals surface area contributed by atoms with Crippen molar-refractivity contribution in [2.24, 2.45) is 0 Å². The Morgan fingerprint density at radius 3 is 2.84 bits per heavy atom. The van der Waals surface area contributed by atoms with Gasteiger partial charge >= 0.3 is 0 Å². The summed E-state index contributed by atoms with van der Waals surface area (Å²) in [5.41, 5.74) is -0.828. The Morgan fingerprint density at radius 2 is 2.16 bits per heavy atom. The number of nitrogens with one attached hydrogen (secondary N) is 2. The second-order valence-electron chi connectivity index (χ2n) is 4.81. The topological polar surface area (TPSA) is 87.2 Å². The summed E-state index contributed by atoms with van der Waals surface area (Å²) in [5.74, 6) is 0.571. The summed E-state index contributed by atoms with van der Waals surface area (Å²) in [6.07, 6.45) is 1.42. The first-order valence-electron chi connectivity index (χ1n) is 6.13. The lowest BCUT2D eigenvalue weighted by atomic mass is 9.99. The third-order valence-electron chi connectivity index (χ3n) is 3.07. The number of hydrogen-bond acceptors (Lipinski definition) is 6. The minimum Gasteiger partial charge on any atom is -0.370 e. The van der Waals surface area contributed by atoms with Gasteiger partial charge < -0.3 is 10.2 Å². The third kappa shape index (κ3) is 2.49. The Labute approximate surface area is 111 Å². The molecule has 1 aliphatic rings. The Hall–Kier alpha value is -2.18. The molecule has 0 aromatic carbocycles. The Balaban J connectivity index is 2.35. The van der Waals surface area contributed by atoms with Crippen LogP contribution < -0.4 is 15.5 Å². The van der Waals surface area contributed by atoms with Crippen LogP contribution in [0.2, 0.25) is 0 Å². The number of nitrogens with zero attached hydrogens (tertiary/aromatic N) is 3. The second kappa shape index (κ2) is 4.83. The molecule has 1 aromatic heterocycles. The lowest BCUT2D eigenvalue weighted by molar-refractivity contribution is -0.135. The SMILES string of the molecule is CCNc1cc(N2CC(=O)NC(=O)C2(C)C)ncn1. The van der Waals surface area contributed by atoms with Crippen LogP contribution in [0.1, 0.15) is 20.8 Å². The number of rotatable bonds is 3. The summed E-state index contributed by atoms with van der Waals surface area (Å²) in [7, 11) is 0. The molecular formula is C12H17N5O2. The maximum atomic E-state index is 11.9. The molecule has 0 atom stereocenters. The van der Waals surface area contributed by atoms with E-state index in [1.807, 2.05) is 6.92 Å². The van der Waals surface area contributed by atoms with Gasteiger partial charge in [-0.15, -0.1) is 0 Å². The van der Waals surface area contributed by atoms with Crippen molar-refractivity contribution in [2.75, 3.05) is 23.3 Å². The van der Waals surface area contributed by atoms with E-state index in [0.717, 1.165) is 6.54 Å². The zero-order valence-corrected chi connectivity index (χ0v) is 11.2. The van der Waals surface area contributed by atoms with E-state index in [1.165, 1.54) is 6.33 Å². The molecule has 2 heterocycles. The summed E-state index contributed by atoms with van der Waals surface area (Å²) in [5, 5.41) is 5.40. The van der Waals surface area contributed by atoms with Gasteiger partial charge in [0.1, 0.15) is 23.5 Å². The van der Waals surface area contributed by atoms with Crippen molar-refractivity contribution in [3.05, 3.63) is 12.4 Å². The number of carbonyl (C=O) groups is 2. The van der Waals surface area contributed by atoms with Gasteiger partial charge in [-0.3, -0.25) is 14.9 Å². The zero-order chi connectivity index (χ0) is 14.0. The van der Waals surface area contributed by atoms with Crippen molar-refractivity contribution < 1.29 is 9.59 Å². The van der Waals surface area contributed by atoms with Gasteiger partial charge in [-0.25, -0.2) is 9.97 Å². The minimum absolute atomic E-state index is 0.0985. The summed E-state index contributed by atoms with van der Waals surface area (Å²) >= 11 is 0. The molecule has 0 bridgehead atoms. The van der Waals surface area contributed by atoms with Gasteiger partial charge in [-0.1, -0.05) is 0 Å². The van der Waals surface area contributed by atoms with Crippen LogP contribution in [0, 0.1) is 0 Å². The first kappa shape index (κ1) is 13.3. The maximum absolute atomic E-state index is 11.9. The van der Waals surface area contributed by atoms with Gasteiger partial charge in [0, 0.05) is 12.6 Å². The molecule has 7 heteroatoms. The maximum Gasteiger partial charge on any atom is 0.251 e. The third-order valence-corrected chi connectivity index (χ3v) is 3.07. The van der Waals surface area contributed by atoms with Crippen LogP contribution >= 0.6 is 0 Å². The molecule has 19 heavy (non-hydrogen) atoms. The Morgan fingerprint density at radius 1 is 1.42 bits per heavy atom. The molecule has 2 N–H and O–H groups in total. The minimum atomic E-state index is -0.828. The summed E-state index contributed by atoms with van der Waals surface area (Å²) in [6.45, 7) is 6.30. The molecule has 0 saturated carbocycles. The van der Waals surface area contributed by atoms with Crippen LogP contribution in [0.25, 0.3) is 0 Å². The average Bonchev–Trinajstić information content (AvgIpc) is 2.35. The van der Waals surface area contributed by atoms with Gasteiger partial charge in [0.15, 0.2) is 0 Å². The fourth-order valence-electron chi connectivity index (χ4n) is 1.92. The van der Waals surface area contributed by atoms with Gasteiger partial charge in [-0.2, -0.15) is 0 Å². The van der Waals surface area contributed by atoms with E-state index < -0.39 is 5.54 Å². The predicted molar refractivity (Wildman–Crippen MR) is 70.8 cm³/mol. The standard InChI is InChI=1S/C12H17N5O2/c1-4-13-8-5-9(15-7-14-8)17-6-10(18)16-11(19)12(17,2)3/h5,7H,4,6H2,1-3H3,(H,13,14,15)(H,16,18,19). The van der Waals surface area contributed by atoms with Crippen LogP contribution in [0.15, 0.2) is 12.4 Å². The molecule has 0 radical (unpaired) electrons. The zero-order valence-electron chi connectivity index (χ0n) is 11.2. The fraction of sp³-hybridized carbons (Fsp3) is 0.500. The number of piperazine rings is 1. The highest BCUT2D eigenvalue weighted by molar-refractivity contribution is 6.06. The highest BCUT2D eigenvalue weighted by atomic mass is 16.2. The predicted octanol–water partition coefficient (Wildman–Crippen LogP) is 0.150. The van der Waals surface area contributed by atoms with Crippen LogP contribution in [-0.4, -0.2) is 40.4 Å². The average molecular weight is 263 g/mol. The molecular weight excluding hydrogens is 246 g/mol. The van der Waals surface area contributed by atoms with Gasteiger partial charge in [0.25, 0.3) is 5.91 Å². The summed E-state index contributed by atoms with van der Waals surface area (Å²) in [4.78, 5) is 33.3. The van der Waals surface area contributed by atoms with Crippen LogP contribution in [-0.2, 0) is 9.59 Å². The molecule has 102 valence electrons. The van der Waals surface area contributed by atoms with E-state index in [9.17, 15) is 9.59 Å². The molecule has 2 rings (SSSR count). The number of carbonyl (C=O) groups excluding carboxylic acids is 2. The largest absolute Gasteiger partial charge is 0.370 e. The van der Waals surface area contributed by atoms with Crippen LogP contribution in [0.3, 0.4) is 0 Å². The van der Waals surface area contributed by atoms with E-state index in [4.69, 9.17) is 0 Å². The van der Waals surface area contributed by atoms with Gasteiger partial charge in [0.2, 0.25) is 5.91 Å². The number of amides is 2. The molecule has 0 unspecified atom stereocenters. The molecule has 1 aromatic rings. The van der Waals surface area contributed by atoms with Crippen molar-refractivity contribution in [1.29, 1.82) is 0 Å². The highest BCUT2D eigenvalue weighted by Crippen LogP contribution is 2.25. The molecule has 1 aliphatic heterocycles. The first-order chi connectivity index (χ1) is 8.95. The van der Waals surface area contributed by atoms with Crippen molar-refractivity contribution in [3.63, 3.8) is 0 Å². The number of hydrogen-bond donors (Lipinski definition) is 2. The van der Waals surface area contributed by atoms with E-state index in [0.29, 0.717) is 11.6 Å². The second-order valence-corrected chi connectivity index (χ2v) is 4.81. The Kier molecular flexibility index (Phi) is 3.37. The van der Waals surface area contributed by atoms with Crippen molar-refractivity contribution in [3.8, 4) is 0 Å². The van der Waals surface area contributed by atoms with E-state index in [-0.39, 0.29) is 18.4 Å². The van der Waals surface area contributed by atoms with Crippen molar-refractivity contribution >= 4 is 23.5 Å². The normalized spacial score (nSPS) is 18.2. The Bertz CT molecular complexity index is 515. The molecule has 7 nitrogen and oxygen atoms in total. The monoisotopic (exact) mass is 263 g/mol. The number of aromatic nitrogens is 2. The molecule has 2 amide bonds. The van der Waals surface area contributed by atoms with Crippen LogP contribution in [0.5, 0.6) is 0 Å². The number of imide groups is 1. The summed E-state index contributed by atoms with van der Waals surface area (Å²) in [6, 6.07) is 1.73. The van der Waals surface area contributed by atoms with Gasteiger partial charge in [0.05, 0.1) is 6.54 Å². The molecule has 1 fully saturated rings. The highest BCUT2D eigenvalue weighted by Gasteiger charge is 2.41. The molecule has 1 saturated heterocycles. The summed E-state index contributed by atoms with van der Waals surface area (Å²) < 4.78 is 0. The van der Waals surface area contributed by atoms with E-state index >= 15 is 0 Å².